The van der Waals surface area contributed by atoms with E-state index >= 15 is 0 Å². The normalized spacial score (nSPS) is 21.0. The number of piperidine rings is 1. The lowest BCUT2D eigenvalue weighted by atomic mass is 9.81. The SMILES string of the molecule is OC[C@H]1CN(Cc2ccc(-n3ccnc3)nc2)CC[C@H]1c1ccccc1. The summed E-state index contributed by atoms with van der Waals surface area (Å²) in [5.74, 6) is 1.60. The first-order chi connectivity index (χ1) is 12.8. The Morgan fingerprint density at radius 3 is 2.69 bits per heavy atom. The van der Waals surface area contributed by atoms with E-state index in [4.69, 9.17) is 0 Å². The van der Waals surface area contributed by atoms with Crippen LogP contribution in [-0.4, -0.2) is 44.2 Å². The molecule has 3 heterocycles. The molecule has 0 spiro atoms. The third-order valence-corrected chi connectivity index (χ3v) is 5.26. The Kier molecular flexibility index (Phi) is 5.09. The van der Waals surface area contributed by atoms with Crippen LogP contribution >= 0.6 is 0 Å². The van der Waals surface area contributed by atoms with Gasteiger partial charge < -0.3 is 5.11 Å². The fourth-order valence-corrected chi connectivity index (χ4v) is 3.89. The molecule has 0 radical (unpaired) electrons. The van der Waals surface area contributed by atoms with Crippen molar-refractivity contribution in [1.82, 2.24) is 19.4 Å². The highest BCUT2D eigenvalue weighted by Crippen LogP contribution is 2.33. The summed E-state index contributed by atoms with van der Waals surface area (Å²) in [6.45, 7) is 3.06. The molecular formula is C21H24N4O. The molecule has 0 amide bonds. The number of hydrogen-bond acceptors (Lipinski definition) is 4. The Hall–Kier alpha value is -2.50. The monoisotopic (exact) mass is 348 g/mol. The largest absolute Gasteiger partial charge is 0.396 e. The number of aromatic nitrogens is 3. The summed E-state index contributed by atoms with van der Waals surface area (Å²) < 4.78 is 1.90. The number of pyridine rings is 1. The minimum Gasteiger partial charge on any atom is -0.396 e. The third kappa shape index (κ3) is 3.69. The summed E-state index contributed by atoms with van der Waals surface area (Å²) >= 11 is 0. The van der Waals surface area contributed by atoms with E-state index in [1.807, 2.05) is 29.1 Å². The van der Waals surface area contributed by atoms with Gasteiger partial charge in [0.1, 0.15) is 12.1 Å². The first-order valence-corrected chi connectivity index (χ1v) is 9.15. The second-order valence-electron chi connectivity index (χ2n) is 6.98. The summed E-state index contributed by atoms with van der Waals surface area (Å²) in [6, 6.07) is 14.7. The molecule has 1 fully saturated rings. The molecule has 1 aromatic carbocycles. The molecule has 5 nitrogen and oxygen atoms in total. The number of hydrogen-bond donors (Lipinski definition) is 1. The maximum Gasteiger partial charge on any atom is 0.137 e. The molecule has 4 rings (SSSR count). The van der Waals surface area contributed by atoms with Gasteiger partial charge in [-0.2, -0.15) is 0 Å². The average Bonchev–Trinajstić information content (AvgIpc) is 3.24. The van der Waals surface area contributed by atoms with Crippen molar-refractivity contribution in [3.63, 3.8) is 0 Å². The van der Waals surface area contributed by atoms with Crippen molar-refractivity contribution in [3.05, 3.63) is 78.5 Å². The van der Waals surface area contributed by atoms with E-state index in [2.05, 4.69) is 45.2 Å². The zero-order valence-corrected chi connectivity index (χ0v) is 14.8. The minimum atomic E-state index is 0.230. The molecule has 3 aromatic rings. The second-order valence-corrected chi connectivity index (χ2v) is 6.98. The predicted octanol–water partition coefficient (Wildman–Crippen LogP) is 2.87. The maximum absolute atomic E-state index is 9.90. The van der Waals surface area contributed by atoms with E-state index in [-0.39, 0.29) is 12.5 Å². The van der Waals surface area contributed by atoms with Crippen molar-refractivity contribution in [2.24, 2.45) is 5.92 Å². The topological polar surface area (TPSA) is 54.2 Å². The number of aliphatic hydroxyl groups is 1. The lowest BCUT2D eigenvalue weighted by molar-refractivity contribution is 0.0972. The number of aliphatic hydroxyl groups excluding tert-OH is 1. The van der Waals surface area contributed by atoms with E-state index < -0.39 is 0 Å². The van der Waals surface area contributed by atoms with Crippen molar-refractivity contribution >= 4 is 0 Å². The smallest absolute Gasteiger partial charge is 0.137 e. The lowest BCUT2D eigenvalue weighted by Gasteiger charge is -2.38. The van der Waals surface area contributed by atoms with E-state index in [1.54, 1.807) is 12.5 Å². The van der Waals surface area contributed by atoms with Gasteiger partial charge in [0.25, 0.3) is 0 Å². The van der Waals surface area contributed by atoms with Gasteiger partial charge in [0.05, 0.1) is 0 Å². The highest BCUT2D eigenvalue weighted by atomic mass is 16.3. The fraction of sp³-hybridized carbons (Fsp3) is 0.333. The van der Waals surface area contributed by atoms with Crippen LogP contribution in [0.2, 0.25) is 0 Å². The van der Waals surface area contributed by atoms with Crippen LogP contribution in [-0.2, 0) is 6.54 Å². The van der Waals surface area contributed by atoms with Crippen LogP contribution in [0.3, 0.4) is 0 Å². The van der Waals surface area contributed by atoms with Gasteiger partial charge >= 0.3 is 0 Å². The van der Waals surface area contributed by atoms with E-state index in [0.29, 0.717) is 5.92 Å². The van der Waals surface area contributed by atoms with Crippen molar-refractivity contribution in [2.45, 2.75) is 18.9 Å². The molecule has 0 unspecified atom stereocenters. The Morgan fingerprint density at radius 2 is 2.00 bits per heavy atom. The third-order valence-electron chi connectivity index (χ3n) is 5.26. The summed E-state index contributed by atoms with van der Waals surface area (Å²) in [7, 11) is 0. The number of imidazole rings is 1. The first-order valence-electron chi connectivity index (χ1n) is 9.15. The highest BCUT2D eigenvalue weighted by molar-refractivity contribution is 5.25. The maximum atomic E-state index is 9.90. The fourth-order valence-electron chi connectivity index (χ4n) is 3.89. The van der Waals surface area contributed by atoms with Crippen molar-refractivity contribution in [1.29, 1.82) is 0 Å². The van der Waals surface area contributed by atoms with Crippen LogP contribution in [0.5, 0.6) is 0 Å². The number of nitrogens with zero attached hydrogens (tertiary/aromatic N) is 4. The lowest BCUT2D eigenvalue weighted by Crippen LogP contribution is -2.40. The molecule has 2 aromatic heterocycles. The van der Waals surface area contributed by atoms with Gasteiger partial charge in [0.2, 0.25) is 0 Å². The van der Waals surface area contributed by atoms with Gasteiger partial charge in [-0.1, -0.05) is 36.4 Å². The minimum absolute atomic E-state index is 0.230. The molecule has 0 saturated carbocycles. The van der Waals surface area contributed by atoms with Crippen LogP contribution in [0.4, 0.5) is 0 Å². The van der Waals surface area contributed by atoms with Crippen molar-refractivity contribution in [3.8, 4) is 5.82 Å². The Bertz CT molecular complexity index is 802. The van der Waals surface area contributed by atoms with E-state index in [0.717, 1.165) is 31.9 Å². The molecular weight excluding hydrogens is 324 g/mol. The zero-order chi connectivity index (χ0) is 17.8. The number of rotatable bonds is 5. The molecule has 5 heteroatoms. The molecule has 0 aliphatic carbocycles. The molecule has 0 bridgehead atoms. The molecule has 26 heavy (non-hydrogen) atoms. The second kappa shape index (κ2) is 7.81. The van der Waals surface area contributed by atoms with Gasteiger partial charge in [0, 0.05) is 44.2 Å². The van der Waals surface area contributed by atoms with Crippen LogP contribution in [0, 0.1) is 5.92 Å². The Labute approximate surface area is 154 Å². The van der Waals surface area contributed by atoms with Crippen molar-refractivity contribution < 1.29 is 5.11 Å². The summed E-state index contributed by atoms with van der Waals surface area (Å²) in [5.41, 5.74) is 2.54. The number of benzene rings is 1. The van der Waals surface area contributed by atoms with E-state index in [1.165, 1.54) is 11.1 Å². The van der Waals surface area contributed by atoms with Crippen LogP contribution < -0.4 is 0 Å². The van der Waals surface area contributed by atoms with Gasteiger partial charge in [-0.25, -0.2) is 9.97 Å². The van der Waals surface area contributed by atoms with E-state index in [9.17, 15) is 5.11 Å². The Morgan fingerprint density at radius 1 is 1.12 bits per heavy atom. The summed E-state index contributed by atoms with van der Waals surface area (Å²) in [4.78, 5) is 11.0. The standard InChI is InChI=1S/C21H24N4O/c26-15-19-14-24(10-8-20(19)18-4-2-1-3-5-18)13-17-6-7-21(23-12-17)25-11-9-22-16-25/h1-7,9,11-12,16,19-20,26H,8,10,13-15H2/t19-,20+/m1/s1. The molecule has 1 N–H and O–H groups in total. The first kappa shape index (κ1) is 16.9. The summed E-state index contributed by atoms with van der Waals surface area (Å²) in [6.07, 6.45) is 8.41. The van der Waals surface area contributed by atoms with Gasteiger partial charge in [0.15, 0.2) is 0 Å². The average molecular weight is 348 g/mol. The van der Waals surface area contributed by atoms with Crippen LogP contribution in [0.15, 0.2) is 67.4 Å². The summed E-state index contributed by atoms with van der Waals surface area (Å²) in [5, 5.41) is 9.90. The van der Waals surface area contributed by atoms with Gasteiger partial charge in [-0.3, -0.25) is 9.47 Å². The molecule has 1 saturated heterocycles. The number of likely N-dealkylation sites (tertiary alicyclic amines) is 1. The quantitative estimate of drug-likeness (QED) is 0.770. The molecule has 1 aliphatic heterocycles. The molecule has 134 valence electrons. The molecule has 1 aliphatic rings. The van der Waals surface area contributed by atoms with Gasteiger partial charge in [-0.05, 0) is 36.1 Å². The van der Waals surface area contributed by atoms with Crippen molar-refractivity contribution in [2.75, 3.05) is 19.7 Å². The Balaban J connectivity index is 1.40. The van der Waals surface area contributed by atoms with Crippen LogP contribution in [0.25, 0.3) is 5.82 Å². The zero-order valence-electron chi connectivity index (χ0n) is 14.8. The molecule has 2 atom stereocenters. The van der Waals surface area contributed by atoms with Crippen LogP contribution in [0.1, 0.15) is 23.5 Å². The van der Waals surface area contributed by atoms with Gasteiger partial charge in [-0.15, -0.1) is 0 Å². The highest BCUT2D eigenvalue weighted by Gasteiger charge is 2.29. The predicted molar refractivity (Wildman–Crippen MR) is 101 cm³/mol.